The summed E-state index contributed by atoms with van der Waals surface area (Å²) in [5.74, 6) is 0. The van der Waals surface area contributed by atoms with Gasteiger partial charge in [0.15, 0.2) is 0 Å². The smallest absolute Gasteiger partial charge is 0.143 e. The summed E-state index contributed by atoms with van der Waals surface area (Å²) < 4.78 is 6.55. The van der Waals surface area contributed by atoms with Gasteiger partial charge in [0.2, 0.25) is 0 Å². The number of para-hydroxylation sites is 2. The molecule has 50 heavy (non-hydrogen) atoms. The van der Waals surface area contributed by atoms with E-state index < -0.39 is 0 Å². The average Bonchev–Trinajstić information content (AvgIpc) is 3.58. The molecular weight excluding hydrogens is 607 g/mol. The molecule has 0 fully saturated rings. The fourth-order valence-corrected chi connectivity index (χ4v) is 7.02. The van der Waals surface area contributed by atoms with Crippen molar-refractivity contribution in [2.45, 2.75) is 0 Å². The quantitative estimate of drug-likeness (QED) is 0.173. The highest BCUT2D eigenvalue weighted by Crippen LogP contribution is 2.43. The first-order valence-corrected chi connectivity index (χ1v) is 17.0. The van der Waals surface area contributed by atoms with E-state index in [1.54, 1.807) is 0 Å². The van der Waals surface area contributed by atoms with Crippen LogP contribution in [-0.2, 0) is 0 Å². The molecule has 1 aromatic heterocycles. The summed E-state index contributed by atoms with van der Waals surface area (Å²) in [6.07, 6.45) is 0. The molecule has 0 unspecified atom stereocenters. The molecule has 0 saturated carbocycles. The molecule has 0 aliphatic heterocycles. The number of furan rings is 1. The SMILES string of the molecule is c1ccc(-c2ccc(N(c3ccc(-c4cc(-c5ccccc5)cc5c4oc4ccccc45)cc3)c3ccccc3-c3ccccc3)cc2)cc1. The molecule has 9 rings (SSSR count). The molecule has 0 spiro atoms. The third-order valence-corrected chi connectivity index (χ3v) is 9.48. The van der Waals surface area contributed by atoms with Gasteiger partial charge in [0.25, 0.3) is 0 Å². The Morgan fingerprint density at radius 2 is 0.800 bits per heavy atom. The van der Waals surface area contributed by atoms with Crippen molar-refractivity contribution in [3.05, 3.63) is 200 Å². The first-order valence-electron chi connectivity index (χ1n) is 17.0. The summed E-state index contributed by atoms with van der Waals surface area (Å²) >= 11 is 0. The van der Waals surface area contributed by atoms with Gasteiger partial charge in [-0.15, -0.1) is 0 Å². The first-order chi connectivity index (χ1) is 24.8. The number of nitrogens with zero attached hydrogens (tertiary/aromatic N) is 1. The molecule has 2 nitrogen and oxygen atoms in total. The Kier molecular flexibility index (Phi) is 7.53. The van der Waals surface area contributed by atoms with Crippen LogP contribution in [0.2, 0.25) is 0 Å². The first kappa shape index (κ1) is 29.5. The van der Waals surface area contributed by atoms with Gasteiger partial charge < -0.3 is 9.32 Å². The van der Waals surface area contributed by atoms with Gasteiger partial charge in [0, 0.05) is 33.3 Å². The molecule has 0 bridgehead atoms. The van der Waals surface area contributed by atoms with Crippen LogP contribution in [0, 0.1) is 0 Å². The van der Waals surface area contributed by atoms with Crippen LogP contribution in [0.4, 0.5) is 17.1 Å². The summed E-state index contributed by atoms with van der Waals surface area (Å²) in [5.41, 5.74) is 14.3. The van der Waals surface area contributed by atoms with Gasteiger partial charge in [-0.1, -0.05) is 152 Å². The number of fused-ring (bicyclic) bond motifs is 3. The number of anilines is 3. The van der Waals surface area contributed by atoms with Gasteiger partial charge in [0.05, 0.1) is 5.69 Å². The van der Waals surface area contributed by atoms with E-state index in [9.17, 15) is 0 Å². The van der Waals surface area contributed by atoms with Gasteiger partial charge in [-0.3, -0.25) is 0 Å². The molecule has 0 N–H and O–H groups in total. The summed E-state index contributed by atoms with van der Waals surface area (Å²) in [6, 6.07) is 71.0. The average molecular weight is 640 g/mol. The van der Waals surface area contributed by atoms with Crippen LogP contribution in [0.3, 0.4) is 0 Å². The predicted octanol–water partition coefficient (Wildman–Crippen LogP) is 13.7. The standard InChI is InChI=1S/C48H33NO/c1-4-14-34(15-5-1)36-24-28-40(29-25-36)49(46-22-12-10-20-42(46)37-18-8-3-9-19-37)41-30-26-38(27-31-41)44-32-39(35-16-6-2-7-17-35)33-45-43-21-11-13-23-47(43)50-48(44)45/h1-33H. The van der Waals surface area contributed by atoms with Gasteiger partial charge >= 0.3 is 0 Å². The summed E-state index contributed by atoms with van der Waals surface area (Å²) in [4.78, 5) is 2.36. The highest BCUT2D eigenvalue weighted by molar-refractivity contribution is 6.11. The van der Waals surface area contributed by atoms with E-state index in [-0.39, 0.29) is 0 Å². The fraction of sp³-hybridized carbons (Fsp3) is 0. The van der Waals surface area contributed by atoms with E-state index in [1.807, 2.05) is 6.07 Å². The van der Waals surface area contributed by atoms with E-state index in [0.29, 0.717) is 0 Å². The topological polar surface area (TPSA) is 16.4 Å². The van der Waals surface area contributed by atoms with E-state index in [0.717, 1.165) is 50.1 Å². The largest absolute Gasteiger partial charge is 0.455 e. The summed E-state index contributed by atoms with van der Waals surface area (Å²) in [5, 5.41) is 2.25. The van der Waals surface area contributed by atoms with Crippen molar-refractivity contribution in [2.24, 2.45) is 0 Å². The molecule has 9 aromatic rings. The Hall–Kier alpha value is -6.64. The molecule has 8 aromatic carbocycles. The van der Waals surface area contributed by atoms with Gasteiger partial charge in [-0.05, 0) is 81.9 Å². The van der Waals surface area contributed by atoms with Crippen LogP contribution in [-0.4, -0.2) is 0 Å². The van der Waals surface area contributed by atoms with Gasteiger partial charge in [-0.25, -0.2) is 0 Å². The van der Waals surface area contributed by atoms with E-state index >= 15 is 0 Å². The summed E-state index contributed by atoms with van der Waals surface area (Å²) in [7, 11) is 0. The lowest BCUT2D eigenvalue weighted by molar-refractivity contribution is 0.670. The number of hydrogen-bond donors (Lipinski definition) is 0. The Labute approximate surface area is 292 Å². The summed E-state index contributed by atoms with van der Waals surface area (Å²) in [6.45, 7) is 0. The maximum atomic E-state index is 6.55. The van der Waals surface area contributed by atoms with Gasteiger partial charge in [0.1, 0.15) is 11.2 Å². The maximum Gasteiger partial charge on any atom is 0.143 e. The fourth-order valence-electron chi connectivity index (χ4n) is 7.02. The molecular formula is C48H33NO. The van der Waals surface area contributed by atoms with Crippen LogP contribution < -0.4 is 4.90 Å². The van der Waals surface area contributed by atoms with Crippen LogP contribution in [0.1, 0.15) is 0 Å². The Balaban J connectivity index is 1.19. The van der Waals surface area contributed by atoms with Crippen molar-refractivity contribution >= 4 is 39.0 Å². The minimum absolute atomic E-state index is 0.897. The van der Waals surface area contributed by atoms with Crippen LogP contribution in [0.15, 0.2) is 205 Å². The van der Waals surface area contributed by atoms with Gasteiger partial charge in [-0.2, -0.15) is 0 Å². The molecule has 0 saturated heterocycles. The Bertz CT molecular complexity index is 2550. The molecule has 0 aliphatic rings. The second-order valence-corrected chi connectivity index (χ2v) is 12.5. The molecule has 0 atom stereocenters. The Morgan fingerprint density at radius 1 is 0.320 bits per heavy atom. The molecule has 1 heterocycles. The Morgan fingerprint density at radius 3 is 1.46 bits per heavy atom. The van der Waals surface area contributed by atoms with Crippen LogP contribution in [0.25, 0.3) is 66.4 Å². The van der Waals surface area contributed by atoms with Crippen LogP contribution in [0.5, 0.6) is 0 Å². The lowest BCUT2D eigenvalue weighted by Gasteiger charge is -2.28. The normalized spacial score (nSPS) is 11.2. The number of benzene rings is 8. The third kappa shape index (κ3) is 5.43. The zero-order valence-corrected chi connectivity index (χ0v) is 27.4. The van der Waals surface area contributed by atoms with Crippen molar-refractivity contribution in [2.75, 3.05) is 4.90 Å². The van der Waals surface area contributed by atoms with E-state index in [2.05, 4.69) is 199 Å². The van der Waals surface area contributed by atoms with Crippen LogP contribution >= 0.6 is 0 Å². The maximum absolute atomic E-state index is 6.55. The zero-order chi connectivity index (χ0) is 33.3. The predicted molar refractivity (Wildman–Crippen MR) is 210 cm³/mol. The zero-order valence-electron chi connectivity index (χ0n) is 27.4. The highest BCUT2D eigenvalue weighted by atomic mass is 16.3. The number of hydrogen-bond acceptors (Lipinski definition) is 2. The molecule has 0 amide bonds. The second kappa shape index (κ2) is 12.8. The lowest BCUT2D eigenvalue weighted by atomic mass is 9.95. The monoisotopic (exact) mass is 639 g/mol. The third-order valence-electron chi connectivity index (χ3n) is 9.48. The minimum atomic E-state index is 0.897. The van der Waals surface area contributed by atoms with E-state index in [4.69, 9.17) is 4.42 Å². The molecule has 0 aliphatic carbocycles. The minimum Gasteiger partial charge on any atom is -0.455 e. The lowest BCUT2D eigenvalue weighted by Crippen LogP contribution is -2.11. The highest BCUT2D eigenvalue weighted by Gasteiger charge is 2.19. The van der Waals surface area contributed by atoms with Crippen molar-refractivity contribution in [3.63, 3.8) is 0 Å². The number of rotatable bonds is 7. The molecule has 236 valence electrons. The van der Waals surface area contributed by atoms with Crippen molar-refractivity contribution in [1.82, 2.24) is 0 Å². The second-order valence-electron chi connectivity index (χ2n) is 12.5. The molecule has 0 radical (unpaired) electrons. The van der Waals surface area contributed by atoms with E-state index in [1.165, 1.54) is 33.4 Å². The van der Waals surface area contributed by atoms with Crippen molar-refractivity contribution in [3.8, 4) is 44.5 Å². The molecule has 2 heteroatoms. The van der Waals surface area contributed by atoms with Crippen molar-refractivity contribution < 1.29 is 4.42 Å². The van der Waals surface area contributed by atoms with Crippen molar-refractivity contribution in [1.29, 1.82) is 0 Å².